The van der Waals surface area contributed by atoms with Crippen LogP contribution >= 0.6 is 0 Å². The molecule has 0 unspecified atom stereocenters. The first-order valence-electron chi connectivity index (χ1n) is 13.3. The van der Waals surface area contributed by atoms with Crippen molar-refractivity contribution in [3.8, 4) is 0 Å². The van der Waals surface area contributed by atoms with Gasteiger partial charge in [0, 0.05) is 64.8 Å². The second kappa shape index (κ2) is 13.8. The van der Waals surface area contributed by atoms with E-state index in [2.05, 4.69) is 103 Å². The summed E-state index contributed by atoms with van der Waals surface area (Å²) in [5.74, 6) is 0.499. The Morgan fingerprint density at radius 3 is 1.62 bits per heavy atom. The fourth-order valence-electron chi connectivity index (χ4n) is 4.86. The molecule has 1 N–H and O–H groups in total. The van der Waals surface area contributed by atoms with Crippen LogP contribution in [0.1, 0.15) is 0 Å². The Morgan fingerprint density at radius 2 is 1.15 bits per heavy atom. The van der Waals surface area contributed by atoms with Crippen molar-refractivity contribution >= 4 is 34.4 Å². The van der Waals surface area contributed by atoms with Crippen LogP contribution in [0.2, 0.25) is 0 Å². The van der Waals surface area contributed by atoms with Crippen molar-refractivity contribution in [2.45, 2.75) is 0 Å². The summed E-state index contributed by atoms with van der Waals surface area (Å²) in [7, 11) is 0. The van der Waals surface area contributed by atoms with E-state index in [1.807, 2.05) is 30.4 Å². The van der Waals surface area contributed by atoms with E-state index in [1.165, 1.54) is 17.1 Å². The normalized spacial score (nSPS) is 14.3. The summed E-state index contributed by atoms with van der Waals surface area (Å²) in [5, 5.41) is 8.36. The van der Waals surface area contributed by atoms with Gasteiger partial charge in [0.25, 0.3) is 0 Å². The Bertz CT molecular complexity index is 1240. The molecule has 0 atom stereocenters. The molecule has 2 aliphatic rings. The molecule has 8 heteroatoms. The standard InChI is InChI=1S/C17H20N6.C14H18N2/c1-3-9-22-11-12-23(10-4-2)16-13-14(5-6-15(16)22)20-21-17-18-7-8-19-17;1-3-9-15-11-12-16(10-4-2)14-8-6-5-7-13(14)15/h3-8,13H,1-2,9-12H2,(H,18,19);3-8H,1-2,9-12H2. The zero-order valence-corrected chi connectivity index (χ0v) is 22.6. The number of nitrogens with one attached hydrogen (secondary N) is 1. The minimum atomic E-state index is 0.499. The number of hydrogen-bond acceptors (Lipinski definition) is 7. The third-order valence-electron chi connectivity index (χ3n) is 6.63. The quantitative estimate of drug-likeness (QED) is 0.243. The topological polar surface area (TPSA) is 66.4 Å². The van der Waals surface area contributed by atoms with Gasteiger partial charge in [0.15, 0.2) is 0 Å². The van der Waals surface area contributed by atoms with Gasteiger partial charge in [-0.05, 0) is 30.3 Å². The van der Waals surface area contributed by atoms with E-state index in [-0.39, 0.29) is 0 Å². The van der Waals surface area contributed by atoms with Gasteiger partial charge in [-0.15, -0.1) is 36.5 Å². The zero-order chi connectivity index (χ0) is 27.5. The van der Waals surface area contributed by atoms with Gasteiger partial charge in [0.1, 0.15) is 0 Å². The molecule has 3 heterocycles. The van der Waals surface area contributed by atoms with Crippen molar-refractivity contribution in [2.75, 3.05) is 72.0 Å². The Morgan fingerprint density at radius 1 is 0.667 bits per heavy atom. The number of anilines is 4. The monoisotopic (exact) mass is 522 g/mol. The summed E-state index contributed by atoms with van der Waals surface area (Å²) in [5.41, 5.74) is 5.74. The summed E-state index contributed by atoms with van der Waals surface area (Å²) < 4.78 is 0. The Balaban J connectivity index is 0.000000193. The van der Waals surface area contributed by atoms with Crippen LogP contribution in [-0.4, -0.2) is 62.3 Å². The van der Waals surface area contributed by atoms with Crippen molar-refractivity contribution in [3.63, 3.8) is 0 Å². The largest absolute Gasteiger partial charge is 0.364 e. The molecular weight excluding hydrogens is 484 g/mol. The number of aromatic nitrogens is 2. The highest BCUT2D eigenvalue weighted by Gasteiger charge is 2.22. The molecule has 0 amide bonds. The van der Waals surface area contributed by atoms with Gasteiger partial charge < -0.3 is 24.6 Å². The second-order valence-electron chi connectivity index (χ2n) is 9.21. The van der Waals surface area contributed by atoms with Crippen LogP contribution in [0.15, 0.2) is 116 Å². The fraction of sp³-hybridized carbons (Fsp3) is 0.258. The highest BCUT2D eigenvalue weighted by Crippen LogP contribution is 2.36. The van der Waals surface area contributed by atoms with E-state index in [9.17, 15) is 0 Å². The van der Waals surface area contributed by atoms with Gasteiger partial charge in [-0.1, -0.05) is 36.4 Å². The summed E-state index contributed by atoms with van der Waals surface area (Å²) in [6.45, 7) is 22.8. The predicted octanol–water partition coefficient (Wildman–Crippen LogP) is 6.51. The molecule has 0 saturated carbocycles. The van der Waals surface area contributed by atoms with Gasteiger partial charge in [-0.3, -0.25) is 0 Å². The number of nitrogens with zero attached hydrogens (tertiary/aromatic N) is 7. The molecule has 0 saturated heterocycles. The molecule has 39 heavy (non-hydrogen) atoms. The third kappa shape index (κ3) is 6.84. The number of aromatic amines is 1. The van der Waals surface area contributed by atoms with Crippen LogP contribution in [0, 0.1) is 0 Å². The van der Waals surface area contributed by atoms with Crippen LogP contribution < -0.4 is 19.6 Å². The van der Waals surface area contributed by atoms with E-state index in [0.29, 0.717) is 5.95 Å². The van der Waals surface area contributed by atoms with Crippen molar-refractivity contribution in [2.24, 2.45) is 10.2 Å². The number of benzene rings is 2. The molecule has 5 rings (SSSR count). The lowest BCUT2D eigenvalue weighted by Gasteiger charge is -2.38. The predicted molar refractivity (Wildman–Crippen MR) is 165 cm³/mol. The molecule has 202 valence electrons. The SMILES string of the molecule is C=CCN1CCN(CC=C)c2cc(N=Nc3ncc[nH]3)ccc21.C=CCN1CCN(CC=C)c2ccccc21. The highest BCUT2D eigenvalue weighted by molar-refractivity contribution is 5.77. The summed E-state index contributed by atoms with van der Waals surface area (Å²) in [6.07, 6.45) is 11.1. The van der Waals surface area contributed by atoms with E-state index >= 15 is 0 Å². The fourth-order valence-corrected chi connectivity index (χ4v) is 4.86. The molecule has 0 aliphatic carbocycles. The van der Waals surface area contributed by atoms with Gasteiger partial charge in [-0.25, -0.2) is 4.98 Å². The Kier molecular flexibility index (Phi) is 9.72. The molecule has 2 aromatic carbocycles. The Labute approximate surface area is 232 Å². The van der Waals surface area contributed by atoms with Crippen LogP contribution in [-0.2, 0) is 0 Å². The molecule has 1 aromatic heterocycles. The van der Waals surface area contributed by atoms with Crippen molar-refractivity contribution in [1.29, 1.82) is 0 Å². The van der Waals surface area contributed by atoms with Crippen LogP contribution in [0.5, 0.6) is 0 Å². The number of H-pyrrole nitrogens is 1. The molecule has 0 bridgehead atoms. The number of hydrogen-bond donors (Lipinski definition) is 1. The van der Waals surface area contributed by atoms with E-state index < -0.39 is 0 Å². The maximum atomic E-state index is 4.26. The first-order chi connectivity index (χ1) is 19.2. The molecular formula is C31H38N8. The van der Waals surface area contributed by atoms with Gasteiger partial charge in [-0.2, -0.15) is 0 Å². The summed E-state index contributed by atoms with van der Waals surface area (Å²) in [6, 6.07) is 14.6. The van der Waals surface area contributed by atoms with Crippen LogP contribution in [0.25, 0.3) is 0 Å². The first kappa shape index (κ1) is 27.4. The first-order valence-corrected chi connectivity index (χ1v) is 13.3. The summed E-state index contributed by atoms with van der Waals surface area (Å²) >= 11 is 0. The van der Waals surface area contributed by atoms with Crippen molar-refractivity contribution in [3.05, 3.63) is 105 Å². The second-order valence-corrected chi connectivity index (χ2v) is 9.21. The maximum absolute atomic E-state index is 4.26. The van der Waals surface area contributed by atoms with Gasteiger partial charge in [0.2, 0.25) is 5.95 Å². The molecule has 3 aromatic rings. The van der Waals surface area contributed by atoms with E-state index in [1.54, 1.807) is 12.4 Å². The number of azo groups is 1. The molecule has 0 spiro atoms. The highest BCUT2D eigenvalue weighted by atomic mass is 15.3. The molecule has 0 radical (unpaired) electrons. The van der Waals surface area contributed by atoms with Crippen LogP contribution in [0.4, 0.5) is 34.4 Å². The minimum absolute atomic E-state index is 0.499. The van der Waals surface area contributed by atoms with E-state index in [4.69, 9.17) is 0 Å². The summed E-state index contributed by atoms with van der Waals surface area (Å²) in [4.78, 5) is 16.3. The smallest absolute Gasteiger partial charge is 0.246 e. The minimum Gasteiger partial charge on any atom is -0.364 e. The third-order valence-corrected chi connectivity index (χ3v) is 6.63. The van der Waals surface area contributed by atoms with Gasteiger partial charge in [0.05, 0.1) is 28.4 Å². The molecule has 8 nitrogen and oxygen atoms in total. The van der Waals surface area contributed by atoms with Gasteiger partial charge >= 0.3 is 0 Å². The zero-order valence-electron chi connectivity index (χ0n) is 22.6. The lowest BCUT2D eigenvalue weighted by Crippen LogP contribution is -2.41. The van der Waals surface area contributed by atoms with Crippen molar-refractivity contribution < 1.29 is 0 Å². The molecule has 2 aliphatic heterocycles. The number of imidazole rings is 1. The average molecular weight is 523 g/mol. The molecule has 0 fully saturated rings. The number of para-hydroxylation sites is 2. The van der Waals surface area contributed by atoms with E-state index in [0.717, 1.165) is 63.7 Å². The lowest BCUT2D eigenvalue weighted by atomic mass is 10.1. The maximum Gasteiger partial charge on any atom is 0.246 e. The number of rotatable bonds is 10. The average Bonchev–Trinajstić information content (AvgIpc) is 3.49. The van der Waals surface area contributed by atoms with Crippen LogP contribution in [0.3, 0.4) is 0 Å². The van der Waals surface area contributed by atoms with Crippen molar-refractivity contribution in [1.82, 2.24) is 9.97 Å². The Hall–Kier alpha value is -4.59. The lowest BCUT2D eigenvalue weighted by molar-refractivity contribution is 0.751. The number of fused-ring (bicyclic) bond motifs is 2.